The molecule has 1 saturated heterocycles. The number of aromatic nitrogens is 2. The smallest absolute Gasteiger partial charge is 0.271 e. The highest BCUT2D eigenvalue weighted by Gasteiger charge is 2.18. The Labute approximate surface area is 167 Å². The number of nitrogens with zero attached hydrogens (tertiary/aromatic N) is 2. The molecule has 28 heavy (non-hydrogen) atoms. The van der Waals surface area contributed by atoms with E-state index in [-0.39, 0.29) is 18.1 Å². The lowest BCUT2D eigenvalue weighted by atomic mass is 10.1. The van der Waals surface area contributed by atoms with Crippen molar-refractivity contribution in [2.75, 3.05) is 13.1 Å². The fraction of sp³-hybridized carbons (Fsp3) is 0.545. The van der Waals surface area contributed by atoms with E-state index in [0.29, 0.717) is 11.7 Å². The van der Waals surface area contributed by atoms with E-state index in [1.165, 1.54) is 5.56 Å². The minimum Gasteiger partial charge on any atom is -0.491 e. The number of aryl methyl sites for hydroxylation is 1. The predicted molar refractivity (Wildman–Crippen MR) is 111 cm³/mol. The third-order valence-corrected chi connectivity index (χ3v) is 5.02. The standard InChI is InChI=1S/C22H32N4O2/c1-16(2)28-20-10-8-18(9-11-20)7-6-17(3)24-22(27)21-12-14-26(25-21)19-5-4-13-23-15-19/h8-12,14,16-17,19,23H,4-7,13,15H2,1-3H3,(H,24,27). The second-order valence-corrected chi connectivity index (χ2v) is 7.90. The van der Waals surface area contributed by atoms with Gasteiger partial charge in [0.05, 0.1) is 12.1 Å². The van der Waals surface area contributed by atoms with Gasteiger partial charge >= 0.3 is 0 Å². The first-order chi connectivity index (χ1) is 13.5. The van der Waals surface area contributed by atoms with Gasteiger partial charge in [0.25, 0.3) is 5.91 Å². The van der Waals surface area contributed by atoms with Crippen molar-refractivity contribution in [1.82, 2.24) is 20.4 Å². The maximum atomic E-state index is 12.5. The Balaban J connectivity index is 1.46. The highest BCUT2D eigenvalue weighted by molar-refractivity contribution is 5.92. The third kappa shape index (κ3) is 5.83. The van der Waals surface area contributed by atoms with Crippen LogP contribution in [-0.2, 0) is 6.42 Å². The van der Waals surface area contributed by atoms with Crippen molar-refractivity contribution in [3.63, 3.8) is 0 Å². The second-order valence-electron chi connectivity index (χ2n) is 7.90. The lowest BCUT2D eigenvalue weighted by molar-refractivity contribution is 0.0932. The summed E-state index contributed by atoms with van der Waals surface area (Å²) in [5.74, 6) is 0.791. The number of amides is 1. The van der Waals surface area contributed by atoms with Crippen LogP contribution in [-0.4, -0.2) is 40.9 Å². The van der Waals surface area contributed by atoms with Gasteiger partial charge in [-0.2, -0.15) is 5.10 Å². The Morgan fingerprint density at radius 1 is 1.29 bits per heavy atom. The van der Waals surface area contributed by atoms with Gasteiger partial charge in [-0.3, -0.25) is 9.48 Å². The molecule has 152 valence electrons. The van der Waals surface area contributed by atoms with Gasteiger partial charge in [-0.25, -0.2) is 0 Å². The molecule has 0 radical (unpaired) electrons. The zero-order chi connectivity index (χ0) is 19.9. The average molecular weight is 385 g/mol. The Bertz CT molecular complexity index is 748. The van der Waals surface area contributed by atoms with Crippen LogP contribution in [0, 0.1) is 0 Å². The van der Waals surface area contributed by atoms with Crippen LogP contribution >= 0.6 is 0 Å². The van der Waals surface area contributed by atoms with Crippen LogP contribution in [0.1, 0.15) is 62.1 Å². The number of carbonyl (C=O) groups excluding carboxylic acids is 1. The van der Waals surface area contributed by atoms with Crippen molar-refractivity contribution >= 4 is 5.91 Å². The molecule has 6 nitrogen and oxygen atoms in total. The van der Waals surface area contributed by atoms with Crippen LogP contribution in [0.25, 0.3) is 0 Å². The number of piperidine rings is 1. The van der Waals surface area contributed by atoms with Gasteiger partial charge in [-0.05, 0) is 76.8 Å². The fourth-order valence-corrected chi connectivity index (χ4v) is 3.48. The number of rotatable bonds is 8. The summed E-state index contributed by atoms with van der Waals surface area (Å²) in [6.45, 7) is 8.06. The maximum absolute atomic E-state index is 12.5. The molecule has 1 aliphatic heterocycles. The van der Waals surface area contributed by atoms with E-state index >= 15 is 0 Å². The number of carbonyl (C=O) groups is 1. The largest absolute Gasteiger partial charge is 0.491 e. The second kappa shape index (κ2) is 9.73. The quantitative estimate of drug-likeness (QED) is 0.732. The van der Waals surface area contributed by atoms with Crippen molar-refractivity contribution in [1.29, 1.82) is 0 Å². The van der Waals surface area contributed by atoms with E-state index in [1.54, 1.807) is 0 Å². The van der Waals surface area contributed by atoms with Gasteiger partial charge in [0, 0.05) is 18.8 Å². The zero-order valence-corrected chi connectivity index (χ0v) is 17.1. The molecule has 0 spiro atoms. The molecular weight excluding hydrogens is 352 g/mol. The molecule has 1 amide bonds. The summed E-state index contributed by atoms with van der Waals surface area (Å²) in [5.41, 5.74) is 1.74. The summed E-state index contributed by atoms with van der Waals surface area (Å²) < 4.78 is 7.60. The normalized spacial score (nSPS) is 18.1. The molecule has 1 aromatic carbocycles. The van der Waals surface area contributed by atoms with Crippen molar-refractivity contribution < 1.29 is 9.53 Å². The number of benzene rings is 1. The molecular formula is C22H32N4O2. The molecule has 2 heterocycles. The minimum atomic E-state index is -0.101. The van der Waals surface area contributed by atoms with Crippen molar-refractivity contribution in [3.8, 4) is 5.75 Å². The Hall–Kier alpha value is -2.34. The number of nitrogens with one attached hydrogen (secondary N) is 2. The summed E-state index contributed by atoms with van der Waals surface area (Å²) in [7, 11) is 0. The molecule has 0 bridgehead atoms. The van der Waals surface area contributed by atoms with Gasteiger partial charge in [-0.15, -0.1) is 0 Å². The highest BCUT2D eigenvalue weighted by atomic mass is 16.5. The van der Waals surface area contributed by atoms with E-state index in [4.69, 9.17) is 4.74 Å². The van der Waals surface area contributed by atoms with Crippen LogP contribution in [0.4, 0.5) is 0 Å². The zero-order valence-electron chi connectivity index (χ0n) is 17.1. The van der Waals surface area contributed by atoms with E-state index in [9.17, 15) is 4.79 Å². The van der Waals surface area contributed by atoms with Crippen molar-refractivity contribution in [2.45, 2.75) is 64.6 Å². The predicted octanol–water partition coefficient (Wildman–Crippen LogP) is 3.35. The lowest BCUT2D eigenvalue weighted by Crippen LogP contribution is -2.34. The molecule has 3 rings (SSSR count). The lowest BCUT2D eigenvalue weighted by Gasteiger charge is -2.22. The highest BCUT2D eigenvalue weighted by Crippen LogP contribution is 2.17. The van der Waals surface area contributed by atoms with Gasteiger partial charge < -0.3 is 15.4 Å². The molecule has 6 heteroatoms. The number of hydrogen-bond acceptors (Lipinski definition) is 4. The van der Waals surface area contributed by atoms with E-state index < -0.39 is 0 Å². The summed E-state index contributed by atoms with van der Waals surface area (Å²) in [5, 5.41) is 10.9. The van der Waals surface area contributed by atoms with Crippen molar-refractivity contribution in [2.24, 2.45) is 0 Å². The third-order valence-electron chi connectivity index (χ3n) is 5.02. The monoisotopic (exact) mass is 384 g/mol. The molecule has 0 aliphatic carbocycles. The molecule has 1 aliphatic rings. The first-order valence-corrected chi connectivity index (χ1v) is 10.3. The molecule has 2 N–H and O–H groups in total. The van der Waals surface area contributed by atoms with Gasteiger partial charge in [-0.1, -0.05) is 12.1 Å². The number of ether oxygens (including phenoxy) is 1. The fourth-order valence-electron chi connectivity index (χ4n) is 3.48. The van der Waals surface area contributed by atoms with Gasteiger partial charge in [0.2, 0.25) is 0 Å². The molecule has 2 unspecified atom stereocenters. The summed E-state index contributed by atoms with van der Waals surface area (Å²) >= 11 is 0. The maximum Gasteiger partial charge on any atom is 0.271 e. The van der Waals surface area contributed by atoms with Gasteiger partial charge in [0.1, 0.15) is 11.4 Å². The van der Waals surface area contributed by atoms with Crippen LogP contribution < -0.4 is 15.4 Å². The van der Waals surface area contributed by atoms with Crippen LogP contribution in [0.3, 0.4) is 0 Å². The average Bonchev–Trinajstić information content (AvgIpc) is 3.18. The SMILES string of the molecule is CC(CCc1ccc(OC(C)C)cc1)NC(=O)c1ccn(C2CCCNC2)n1. The van der Waals surface area contributed by atoms with E-state index in [0.717, 1.165) is 44.5 Å². The van der Waals surface area contributed by atoms with E-state index in [2.05, 4.69) is 27.9 Å². The van der Waals surface area contributed by atoms with Gasteiger partial charge in [0.15, 0.2) is 0 Å². The first-order valence-electron chi connectivity index (χ1n) is 10.3. The van der Waals surface area contributed by atoms with Crippen LogP contribution in [0.15, 0.2) is 36.5 Å². The Morgan fingerprint density at radius 3 is 2.75 bits per heavy atom. The molecule has 0 saturated carbocycles. The van der Waals surface area contributed by atoms with Crippen LogP contribution in [0.2, 0.25) is 0 Å². The first kappa shape index (κ1) is 20.4. The molecule has 2 aromatic rings. The summed E-state index contributed by atoms with van der Waals surface area (Å²) in [6.07, 6.45) is 6.13. The Morgan fingerprint density at radius 2 is 2.07 bits per heavy atom. The van der Waals surface area contributed by atoms with Crippen molar-refractivity contribution in [3.05, 3.63) is 47.8 Å². The Kier molecular flexibility index (Phi) is 7.09. The minimum absolute atomic E-state index is 0.0839. The topological polar surface area (TPSA) is 68.2 Å². The summed E-state index contributed by atoms with van der Waals surface area (Å²) in [4.78, 5) is 12.5. The molecule has 1 fully saturated rings. The summed E-state index contributed by atoms with van der Waals surface area (Å²) in [6, 6.07) is 10.4. The van der Waals surface area contributed by atoms with E-state index in [1.807, 2.05) is 49.8 Å². The molecule has 1 aromatic heterocycles. The number of hydrogen-bond donors (Lipinski definition) is 2. The van der Waals surface area contributed by atoms with Crippen LogP contribution in [0.5, 0.6) is 5.75 Å². The molecule has 2 atom stereocenters.